The number of hydrogen-bond donors (Lipinski definition) is 2. The lowest BCUT2D eigenvalue weighted by atomic mass is 10.1. The van der Waals surface area contributed by atoms with Crippen LogP contribution in [0.4, 0.5) is 10.6 Å². The van der Waals surface area contributed by atoms with Crippen molar-refractivity contribution in [3.8, 4) is 11.5 Å². The van der Waals surface area contributed by atoms with E-state index in [0.29, 0.717) is 24.8 Å². The van der Waals surface area contributed by atoms with Gasteiger partial charge in [-0.05, 0) is 43.2 Å². The van der Waals surface area contributed by atoms with Crippen LogP contribution < -0.4 is 20.1 Å². The van der Waals surface area contributed by atoms with E-state index in [1.54, 1.807) is 6.20 Å². The van der Waals surface area contributed by atoms with E-state index in [0.717, 1.165) is 16.9 Å². The number of nitrogens with zero attached hydrogens (tertiary/aromatic N) is 1. The first-order valence-electron chi connectivity index (χ1n) is 7.52. The highest BCUT2D eigenvalue weighted by Gasteiger charge is 2.16. The zero-order valence-corrected chi connectivity index (χ0v) is 13.1. The Balaban J connectivity index is 1.65. The van der Waals surface area contributed by atoms with Gasteiger partial charge < -0.3 is 14.8 Å². The van der Waals surface area contributed by atoms with E-state index in [-0.39, 0.29) is 12.1 Å². The molecule has 120 valence electrons. The number of aryl methyl sites for hydroxylation is 1. The molecular weight excluding hydrogens is 294 g/mol. The van der Waals surface area contributed by atoms with E-state index in [1.807, 2.05) is 44.2 Å². The third-order valence-electron chi connectivity index (χ3n) is 3.66. The lowest BCUT2D eigenvalue weighted by Gasteiger charge is -2.21. The first-order valence-corrected chi connectivity index (χ1v) is 7.52. The van der Waals surface area contributed by atoms with Gasteiger partial charge in [-0.1, -0.05) is 12.1 Å². The van der Waals surface area contributed by atoms with E-state index >= 15 is 0 Å². The molecular formula is C17H19N3O3. The standard InChI is InChI=1S/C17H19N3O3/c1-11-4-3-7-18-16(11)20-17(21)19-12(2)13-5-6-14-15(10-13)23-9-8-22-14/h3-7,10,12H,8-9H2,1-2H3,(H2,18,19,20,21)/t12-/m0/s1. The van der Waals surface area contributed by atoms with Crippen LogP contribution in [-0.4, -0.2) is 24.2 Å². The summed E-state index contributed by atoms with van der Waals surface area (Å²) in [6.45, 7) is 4.91. The van der Waals surface area contributed by atoms with E-state index < -0.39 is 0 Å². The van der Waals surface area contributed by atoms with Crippen LogP contribution in [0.2, 0.25) is 0 Å². The minimum absolute atomic E-state index is 0.171. The number of hydrogen-bond acceptors (Lipinski definition) is 4. The highest BCUT2D eigenvalue weighted by Crippen LogP contribution is 2.32. The number of fused-ring (bicyclic) bond motifs is 1. The molecule has 0 saturated carbocycles. The molecule has 2 N–H and O–H groups in total. The summed E-state index contributed by atoms with van der Waals surface area (Å²) in [5.41, 5.74) is 1.86. The molecule has 1 aliphatic heterocycles. The van der Waals surface area contributed by atoms with E-state index in [4.69, 9.17) is 9.47 Å². The largest absolute Gasteiger partial charge is 0.486 e. The van der Waals surface area contributed by atoms with Gasteiger partial charge in [-0.3, -0.25) is 5.32 Å². The fourth-order valence-electron chi connectivity index (χ4n) is 2.37. The van der Waals surface area contributed by atoms with Gasteiger partial charge in [-0.2, -0.15) is 0 Å². The van der Waals surface area contributed by atoms with Crippen molar-refractivity contribution in [2.75, 3.05) is 18.5 Å². The molecule has 0 fully saturated rings. The monoisotopic (exact) mass is 313 g/mol. The minimum Gasteiger partial charge on any atom is -0.486 e. The van der Waals surface area contributed by atoms with Crippen molar-refractivity contribution in [1.82, 2.24) is 10.3 Å². The Morgan fingerprint density at radius 3 is 2.78 bits per heavy atom. The SMILES string of the molecule is Cc1cccnc1NC(=O)N[C@@H](C)c1ccc2c(c1)OCCO2. The Hall–Kier alpha value is -2.76. The summed E-state index contributed by atoms with van der Waals surface area (Å²) in [4.78, 5) is 16.3. The molecule has 6 nitrogen and oxygen atoms in total. The fourth-order valence-corrected chi connectivity index (χ4v) is 2.37. The van der Waals surface area contributed by atoms with Crippen LogP contribution in [0.25, 0.3) is 0 Å². The van der Waals surface area contributed by atoms with Gasteiger partial charge in [0.2, 0.25) is 0 Å². The number of carbonyl (C=O) groups is 1. The summed E-state index contributed by atoms with van der Waals surface area (Å²) >= 11 is 0. The van der Waals surface area contributed by atoms with Crippen LogP contribution in [0.5, 0.6) is 11.5 Å². The number of rotatable bonds is 3. The second kappa shape index (κ2) is 6.56. The molecule has 1 aromatic heterocycles. The van der Waals surface area contributed by atoms with Crippen molar-refractivity contribution in [2.24, 2.45) is 0 Å². The molecule has 1 aliphatic rings. The van der Waals surface area contributed by atoms with Crippen molar-refractivity contribution in [3.05, 3.63) is 47.7 Å². The summed E-state index contributed by atoms with van der Waals surface area (Å²) in [6, 6.07) is 8.94. The Morgan fingerprint density at radius 1 is 1.22 bits per heavy atom. The van der Waals surface area contributed by atoms with Crippen molar-refractivity contribution >= 4 is 11.8 Å². The highest BCUT2D eigenvalue weighted by molar-refractivity contribution is 5.89. The van der Waals surface area contributed by atoms with Crippen LogP contribution in [0.15, 0.2) is 36.5 Å². The molecule has 23 heavy (non-hydrogen) atoms. The van der Waals surface area contributed by atoms with Crippen LogP contribution in [0.3, 0.4) is 0 Å². The number of benzene rings is 1. The van der Waals surface area contributed by atoms with Gasteiger partial charge in [0.1, 0.15) is 19.0 Å². The number of pyridine rings is 1. The first-order chi connectivity index (χ1) is 11.1. The number of ether oxygens (including phenoxy) is 2. The second-order valence-corrected chi connectivity index (χ2v) is 5.39. The molecule has 0 saturated heterocycles. The maximum absolute atomic E-state index is 12.1. The average Bonchev–Trinajstić information content (AvgIpc) is 2.56. The quantitative estimate of drug-likeness (QED) is 0.913. The smallest absolute Gasteiger partial charge is 0.320 e. The van der Waals surface area contributed by atoms with E-state index in [1.165, 1.54) is 0 Å². The van der Waals surface area contributed by atoms with Gasteiger partial charge in [-0.15, -0.1) is 0 Å². The van der Waals surface area contributed by atoms with E-state index in [2.05, 4.69) is 15.6 Å². The van der Waals surface area contributed by atoms with Crippen molar-refractivity contribution in [1.29, 1.82) is 0 Å². The number of amides is 2. The van der Waals surface area contributed by atoms with Crippen LogP contribution in [0, 0.1) is 6.92 Å². The lowest BCUT2D eigenvalue weighted by molar-refractivity contribution is 0.171. The highest BCUT2D eigenvalue weighted by atomic mass is 16.6. The van der Waals surface area contributed by atoms with Crippen LogP contribution >= 0.6 is 0 Å². The Labute approximate surface area is 134 Å². The third kappa shape index (κ3) is 3.53. The number of urea groups is 1. The molecule has 0 aliphatic carbocycles. The van der Waals surface area contributed by atoms with Crippen molar-refractivity contribution in [2.45, 2.75) is 19.9 Å². The molecule has 3 rings (SSSR count). The Bertz CT molecular complexity index is 718. The van der Waals surface area contributed by atoms with Crippen LogP contribution in [0.1, 0.15) is 24.1 Å². The third-order valence-corrected chi connectivity index (χ3v) is 3.66. The lowest BCUT2D eigenvalue weighted by Crippen LogP contribution is -2.31. The maximum atomic E-state index is 12.1. The predicted octanol–water partition coefficient (Wildman–Crippen LogP) is 3.04. The zero-order valence-electron chi connectivity index (χ0n) is 13.1. The summed E-state index contributed by atoms with van der Waals surface area (Å²) in [5.74, 6) is 2.00. The number of nitrogens with one attached hydrogen (secondary N) is 2. The van der Waals surface area contributed by atoms with Gasteiger partial charge in [0, 0.05) is 6.20 Å². The summed E-state index contributed by atoms with van der Waals surface area (Å²) < 4.78 is 11.1. The van der Waals surface area contributed by atoms with E-state index in [9.17, 15) is 4.79 Å². The first kappa shape index (κ1) is 15.1. The van der Waals surface area contributed by atoms with Gasteiger partial charge in [0.25, 0.3) is 0 Å². The molecule has 1 atom stereocenters. The van der Waals surface area contributed by atoms with Crippen LogP contribution in [-0.2, 0) is 0 Å². The minimum atomic E-state index is -0.297. The molecule has 0 bridgehead atoms. The normalized spacial score (nSPS) is 14.0. The molecule has 0 spiro atoms. The topological polar surface area (TPSA) is 72.5 Å². The molecule has 1 aromatic carbocycles. The molecule has 2 heterocycles. The second-order valence-electron chi connectivity index (χ2n) is 5.39. The predicted molar refractivity (Wildman–Crippen MR) is 87.0 cm³/mol. The van der Waals surface area contributed by atoms with Gasteiger partial charge in [0.05, 0.1) is 6.04 Å². The van der Waals surface area contributed by atoms with Crippen molar-refractivity contribution < 1.29 is 14.3 Å². The Morgan fingerprint density at radius 2 is 2.00 bits per heavy atom. The number of anilines is 1. The number of aromatic nitrogens is 1. The van der Waals surface area contributed by atoms with Crippen molar-refractivity contribution in [3.63, 3.8) is 0 Å². The summed E-state index contributed by atoms with van der Waals surface area (Å²) in [7, 11) is 0. The molecule has 2 amide bonds. The van der Waals surface area contributed by atoms with Gasteiger partial charge in [0.15, 0.2) is 11.5 Å². The molecule has 0 unspecified atom stereocenters. The molecule has 6 heteroatoms. The average molecular weight is 313 g/mol. The Kier molecular flexibility index (Phi) is 4.32. The number of carbonyl (C=O) groups excluding carboxylic acids is 1. The maximum Gasteiger partial charge on any atom is 0.320 e. The summed E-state index contributed by atoms with van der Waals surface area (Å²) in [6.07, 6.45) is 1.65. The summed E-state index contributed by atoms with van der Waals surface area (Å²) in [5, 5.41) is 5.65. The fraction of sp³-hybridized carbons (Fsp3) is 0.294. The van der Waals surface area contributed by atoms with Gasteiger partial charge in [-0.25, -0.2) is 9.78 Å². The molecule has 2 aromatic rings. The zero-order chi connectivity index (χ0) is 16.2. The molecule has 0 radical (unpaired) electrons. The van der Waals surface area contributed by atoms with Gasteiger partial charge >= 0.3 is 6.03 Å².